The number of phenolic OH excluding ortho intramolecular Hbond substituents is 1. The molecule has 21 heavy (non-hydrogen) atoms. The highest BCUT2D eigenvalue weighted by molar-refractivity contribution is 5.85. The summed E-state index contributed by atoms with van der Waals surface area (Å²) in [4.78, 5) is 14.2. The van der Waals surface area contributed by atoms with Gasteiger partial charge in [0.15, 0.2) is 11.5 Å². The van der Waals surface area contributed by atoms with Gasteiger partial charge in [-0.2, -0.15) is 0 Å². The van der Waals surface area contributed by atoms with Crippen LogP contribution in [0.4, 0.5) is 0 Å². The van der Waals surface area contributed by atoms with Crippen LogP contribution < -0.4 is 10.1 Å². The molecule has 118 valence electrons. The fourth-order valence-corrected chi connectivity index (χ4v) is 2.63. The van der Waals surface area contributed by atoms with E-state index in [-0.39, 0.29) is 29.5 Å². The summed E-state index contributed by atoms with van der Waals surface area (Å²) in [5, 5.41) is 12.8. The highest BCUT2D eigenvalue weighted by Gasteiger charge is 2.38. The van der Waals surface area contributed by atoms with E-state index in [9.17, 15) is 9.90 Å². The summed E-state index contributed by atoms with van der Waals surface area (Å²) in [6.45, 7) is 4.13. The number of ether oxygens (including phenoxy) is 1. The van der Waals surface area contributed by atoms with Gasteiger partial charge in [-0.1, -0.05) is 6.07 Å². The number of phenols is 1. The molecule has 0 radical (unpaired) electrons. The van der Waals surface area contributed by atoms with Crippen LogP contribution in [0.5, 0.6) is 11.5 Å². The molecule has 6 heteroatoms. The van der Waals surface area contributed by atoms with Gasteiger partial charge in [0.05, 0.1) is 12.5 Å². The highest BCUT2D eigenvalue weighted by Crippen LogP contribution is 2.29. The van der Waals surface area contributed by atoms with Crippen molar-refractivity contribution in [2.75, 3.05) is 27.2 Å². The van der Waals surface area contributed by atoms with E-state index in [0.29, 0.717) is 12.3 Å². The van der Waals surface area contributed by atoms with Gasteiger partial charge in [0.2, 0.25) is 5.91 Å². The molecule has 2 N–H and O–H groups in total. The zero-order valence-electron chi connectivity index (χ0n) is 12.7. The molecule has 1 aliphatic rings. The van der Waals surface area contributed by atoms with E-state index in [1.165, 1.54) is 7.11 Å². The summed E-state index contributed by atoms with van der Waals surface area (Å²) in [5.41, 5.74) is 0.625. The average Bonchev–Trinajstić information content (AvgIpc) is 2.88. The predicted molar refractivity (Wildman–Crippen MR) is 84.0 cm³/mol. The molecule has 1 fully saturated rings. The molecule has 1 amide bonds. The van der Waals surface area contributed by atoms with E-state index >= 15 is 0 Å². The maximum atomic E-state index is 12.5. The minimum absolute atomic E-state index is 0. The second-order valence-corrected chi connectivity index (χ2v) is 5.65. The monoisotopic (exact) mass is 314 g/mol. The number of carbonyl (C=O) groups excluding carboxylic acids is 1. The second-order valence-electron chi connectivity index (χ2n) is 5.65. The number of amides is 1. The lowest BCUT2D eigenvalue weighted by Crippen LogP contribution is -2.41. The number of nitrogens with one attached hydrogen (secondary N) is 1. The largest absolute Gasteiger partial charge is 0.504 e. The number of hydrogen-bond donors (Lipinski definition) is 2. The molecular formula is C15H23ClN2O3. The van der Waals surface area contributed by atoms with Gasteiger partial charge in [0.25, 0.3) is 0 Å². The molecule has 0 aromatic heterocycles. The lowest BCUT2D eigenvalue weighted by Gasteiger charge is -2.28. The quantitative estimate of drug-likeness (QED) is 0.889. The minimum Gasteiger partial charge on any atom is -0.504 e. The molecule has 1 atom stereocenters. The van der Waals surface area contributed by atoms with E-state index in [1.807, 2.05) is 14.0 Å². The highest BCUT2D eigenvalue weighted by atomic mass is 35.5. The van der Waals surface area contributed by atoms with Crippen LogP contribution in [0, 0.1) is 5.41 Å². The minimum atomic E-state index is -0.310. The van der Waals surface area contributed by atoms with Crippen LogP contribution >= 0.6 is 12.4 Å². The van der Waals surface area contributed by atoms with Crippen molar-refractivity contribution in [3.05, 3.63) is 23.8 Å². The number of halogens is 1. The number of carbonyl (C=O) groups is 1. The first-order valence-electron chi connectivity index (χ1n) is 6.78. The topological polar surface area (TPSA) is 61.8 Å². The van der Waals surface area contributed by atoms with Crippen LogP contribution in [0.2, 0.25) is 0 Å². The summed E-state index contributed by atoms with van der Waals surface area (Å²) in [6, 6.07) is 5.15. The van der Waals surface area contributed by atoms with E-state index in [1.54, 1.807) is 23.1 Å². The van der Waals surface area contributed by atoms with Crippen molar-refractivity contribution in [3.8, 4) is 11.5 Å². The zero-order valence-corrected chi connectivity index (χ0v) is 13.5. The SMILES string of the molecule is COc1cc(CN(C)C(=O)C2(C)CCNC2)ccc1O.Cl. The fourth-order valence-electron chi connectivity index (χ4n) is 2.63. The summed E-state index contributed by atoms with van der Waals surface area (Å²) in [7, 11) is 3.32. The van der Waals surface area contributed by atoms with Gasteiger partial charge in [0.1, 0.15) is 0 Å². The number of hydrogen-bond acceptors (Lipinski definition) is 4. The fraction of sp³-hybridized carbons (Fsp3) is 0.533. The summed E-state index contributed by atoms with van der Waals surface area (Å²) >= 11 is 0. The Hall–Kier alpha value is -1.46. The van der Waals surface area contributed by atoms with Gasteiger partial charge in [-0.15, -0.1) is 12.4 Å². The molecule has 2 rings (SSSR count). The van der Waals surface area contributed by atoms with Crippen molar-refractivity contribution in [2.45, 2.75) is 19.9 Å². The standard InChI is InChI=1S/C15H22N2O3.ClH/c1-15(6-7-16-10-15)14(19)17(2)9-11-4-5-12(18)13(8-11)20-3;/h4-5,8,16,18H,6-7,9-10H2,1-3H3;1H. The van der Waals surface area contributed by atoms with E-state index < -0.39 is 0 Å². The number of methoxy groups -OCH3 is 1. The first kappa shape index (κ1) is 17.6. The van der Waals surface area contributed by atoms with E-state index in [2.05, 4.69) is 5.32 Å². The van der Waals surface area contributed by atoms with Gasteiger partial charge >= 0.3 is 0 Å². The van der Waals surface area contributed by atoms with Gasteiger partial charge in [0, 0.05) is 20.1 Å². The van der Waals surface area contributed by atoms with Crippen molar-refractivity contribution in [2.24, 2.45) is 5.41 Å². The van der Waals surface area contributed by atoms with Crippen LogP contribution in [0.3, 0.4) is 0 Å². The maximum Gasteiger partial charge on any atom is 0.229 e. The molecule has 1 saturated heterocycles. The van der Waals surface area contributed by atoms with Gasteiger partial charge < -0.3 is 20.1 Å². The Morgan fingerprint density at radius 3 is 2.81 bits per heavy atom. The van der Waals surface area contributed by atoms with Crippen molar-refractivity contribution in [1.29, 1.82) is 0 Å². The van der Waals surface area contributed by atoms with Crippen molar-refractivity contribution in [1.82, 2.24) is 10.2 Å². The number of aromatic hydroxyl groups is 1. The van der Waals surface area contributed by atoms with Crippen molar-refractivity contribution >= 4 is 18.3 Å². The summed E-state index contributed by atoms with van der Waals surface area (Å²) < 4.78 is 5.08. The van der Waals surface area contributed by atoms with Crippen LogP contribution in [0.15, 0.2) is 18.2 Å². The second kappa shape index (κ2) is 7.00. The molecule has 1 aromatic rings. The molecule has 1 heterocycles. The summed E-state index contributed by atoms with van der Waals surface area (Å²) in [5.74, 6) is 0.684. The molecule has 1 aromatic carbocycles. The number of rotatable bonds is 4. The van der Waals surface area contributed by atoms with Crippen LogP contribution in [0.1, 0.15) is 18.9 Å². The first-order valence-corrected chi connectivity index (χ1v) is 6.78. The van der Waals surface area contributed by atoms with Gasteiger partial charge in [-0.3, -0.25) is 4.79 Å². The lowest BCUT2D eigenvalue weighted by atomic mass is 9.88. The molecule has 0 aliphatic carbocycles. The van der Waals surface area contributed by atoms with Crippen LogP contribution in [-0.4, -0.2) is 43.2 Å². The van der Waals surface area contributed by atoms with Crippen LogP contribution in [0.25, 0.3) is 0 Å². The number of benzene rings is 1. The third kappa shape index (κ3) is 3.80. The zero-order chi connectivity index (χ0) is 14.8. The Balaban J connectivity index is 0.00000220. The average molecular weight is 315 g/mol. The van der Waals surface area contributed by atoms with Crippen molar-refractivity contribution < 1.29 is 14.6 Å². The summed E-state index contributed by atoms with van der Waals surface area (Å²) in [6.07, 6.45) is 0.870. The third-order valence-corrected chi connectivity index (χ3v) is 3.90. The Morgan fingerprint density at radius 1 is 1.52 bits per heavy atom. The van der Waals surface area contributed by atoms with Gasteiger partial charge in [-0.05, 0) is 37.6 Å². The molecular weight excluding hydrogens is 292 g/mol. The third-order valence-electron chi connectivity index (χ3n) is 3.90. The molecule has 0 spiro atoms. The Morgan fingerprint density at radius 2 is 2.24 bits per heavy atom. The van der Waals surface area contributed by atoms with Crippen LogP contribution in [-0.2, 0) is 11.3 Å². The van der Waals surface area contributed by atoms with E-state index in [0.717, 1.165) is 25.1 Å². The smallest absolute Gasteiger partial charge is 0.229 e. The number of nitrogens with zero attached hydrogens (tertiary/aromatic N) is 1. The first-order chi connectivity index (χ1) is 9.46. The molecule has 1 aliphatic heterocycles. The van der Waals surface area contributed by atoms with E-state index in [4.69, 9.17) is 4.74 Å². The molecule has 1 unspecified atom stereocenters. The molecule has 0 saturated carbocycles. The molecule has 0 bridgehead atoms. The predicted octanol–water partition coefficient (Wildman–Crippen LogP) is 1.78. The Kier molecular flexibility index (Phi) is 5.87. The lowest BCUT2D eigenvalue weighted by molar-refractivity contribution is -0.139. The molecule has 5 nitrogen and oxygen atoms in total. The maximum absolute atomic E-state index is 12.5. The van der Waals surface area contributed by atoms with Crippen molar-refractivity contribution in [3.63, 3.8) is 0 Å². The Labute approximate surface area is 131 Å². The Bertz CT molecular complexity index is 502. The normalized spacial score (nSPS) is 20.7. The van der Waals surface area contributed by atoms with Gasteiger partial charge in [-0.25, -0.2) is 0 Å².